The molecule has 31 heavy (non-hydrogen) atoms. The first-order valence-electron chi connectivity index (χ1n) is 10.9. The van der Waals surface area contributed by atoms with Gasteiger partial charge in [0.05, 0.1) is 18.6 Å². The molecule has 2 atom stereocenters. The molecule has 0 saturated carbocycles. The minimum atomic E-state index is -0.464. The molecule has 2 N–H and O–H groups in total. The number of hydrogen-bond donors (Lipinski definition) is 1. The van der Waals surface area contributed by atoms with Crippen molar-refractivity contribution in [3.05, 3.63) is 59.2 Å². The average Bonchev–Trinajstić information content (AvgIpc) is 3.28. The molecule has 2 amide bonds. The quantitative estimate of drug-likeness (QED) is 0.817. The molecule has 0 radical (unpaired) electrons. The molecule has 5 rings (SSSR count). The monoisotopic (exact) mass is 421 g/mol. The molecule has 0 unspecified atom stereocenters. The van der Waals surface area contributed by atoms with E-state index in [1.807, 2.05) is 46.2 Å². The molecule has 0 bridgehead atoms. The van der Waals surface area contributed by atoms with Crippen LogP contribution >= 0.6 is 0 Å². The van der Waals surface area contributed by atoms with E-state index in [4.69, 9.17) is 15.2 Å². The van der Waals surface area contributed by atoms with Gasteiger partial charge >= 0.3 is 0 Å². The topological polar surface area (TPSA) is 85.1 Å². The van der Waals surface area contributed by atoms with Crippen LogP contribution in [0.4, 0.5) is 0 Å². The van der Waals surface area contributed by atoms with Gasteiger partial charge < -0.3 is 20.1 Å². The number of nitrogens with zero attached hydrogens (tertiary/aromatic N) is 2. The standard InChI is InChI=1S/C24H27N3O4/c25-24(29)20-12-16-4-1-2-5-18(16)14-26(20)15-23(28)27-9-3-6-19(27)17-7-8-21-22(13-17)31-11-10-30-21/h1-2,4-5,7-8,13,19-20H,3,6,9-12,14-15H2,(H2,25,29)/t19-,20+/m1/s1. The number of likely N-dealkylation sites (tertiary alicyclic amines) is 1. The number of benzene rings is 2. The largest absolute Gasteiger partial charge is 0.486 e. The number of amides is 2. The number of nitrogens with two attached hydrogens (primary N) is 1. The fourth-order valence-corrected chi connectivity index (χ4v) is 4.97. The lowest BCUT2D eigenvalue weighted by molar-refractivity contribution is -0.135. The fraction of sp³-hybridized carbons (Fsp3) is 0.417. The third-order valence-corrected chi connectivity index (χ3v) is 6.54. The van der Waals surface area contributed by atoms with Gasteiger partial charge in [-0.25, -0.2) is 0 Å². The summed E-state index contributed by atoms with van der Waals surface area (Å²) >= 11 is 0. The minimum absolute atomic E-state index is 0.00688. The Kier molecular flexibility index (Phi) is 5.28. The molecule has 7 heteroatoms. The summed E-state index contributed by atoms with van der Waals surface area (Å²) in [5, 5.41) is 0. The summed E-state index contributed by atoms with van der Waals surface area (Å²) in [7, 11) is 0. The van der Waals surface area contributed by atoms with E-state index in [2.05, 4.69) is 6.07 Å². The lowest BCUT2D eigenvalue weighted by atomic mass is 9.93. The molecule has 1 fully saturated rings. The Bertz CT molecular complexity index is 1010. The lowest BCUT2D eigenvalue weighted by Gasteiger charge is -2.36. The van der Waals surface area contributed by atoms with Gasteiger partial charge in [0.25, 0.3) is 0 Å². The first-order chi connectivity index (χ1) is 15.1. The highest BCUT2D eigenvalue weighted by Gasteiger charge is 2.35. The van der Waals surface area contributed by atoms with Crippen LogP contribution in [0.5, 0.6) is 11.5 Å². The van der Waals surface area contributed by atoms with Crippen LogP contribution in [0.2, 0.25) is 0 Å². The Morgan fingerprint density at radius 1 is 1.03 bits per heavy atom. The smallest absolute Gasteiger partial charge is 0.237 e. The molecule has 162 valence electrons. The summed E-state index contributed by atoms with van der Waals surface area (Å²) < 4.78 is 11.3. The molecule has 0 aliphatic carbocycles. The van der Waals surface area contributed by atoms with Crippen molar-refractivity contribution in [3.63, 3.8) is 0 Å². The zero-order valence-corrected chi connectivity index (χ0v) is 17.5. The van der Waals surface area contributed by atoms with Gasteiger partial charge in [0.1, 0.15) is 13.2 Å². The molecule has 1 saturated heterocycles. The van der Waals surface area contributed by atoms with Crippen molar-refractivity contribution in [2.24, 2.45) is 5.73 Å². The highest BCUT2D eigenvalue weighted by atomic mass is 16.6. The van der Waals surface area contributed by atoms with E-state index in [9.17, 15) is 9.59 Å². The van der Waals surface area contributed by atoms with Crippen molar-refractivity contribution in [2.75, 3.05) is 26.3 Å². The SMILES string of the molecule is NC(=O)[C@@H]1Cc2ccccc2CN1CC(=O)N1CCC[C@@H]1c1ccc2c(c1)OCCO2. The van der Waals surface area contributed by atoms with E-state index in [1.54, 1.807) is 0 Å². The Morgan fingerprint density at radius 2 is 1.81 bits per heavy atom. The molecule has 3 heterocycles. The summed E-state index contributed by atoms with van der Waals surface area (Å²) in [6.45, 7) is 2.54. The van der Waals surface area contributed by atoms with Crippen molar-refractivity contribution in [3.8, 4) is 11.5 Å². The van der Waals surface area contributed by atoms with E-state index >= 15 is 0 Å². The summed E-state index contributed by atoms with van der Waals surface area (Å²) in [6.07, 6.45) is 2.41. The number of ether oxygens (including phenoxy) is 2. The molecule has 0 aromatic heterocycles. The van der Waals surface area contributed by atoms with Crippen LogP contribution < -0.4 is 15.2 Å². The van der Waals surface area contributed by atoms with Gasteiger partial charge in [0.15, 0.2) is 11.5 Å². The first kappa shape index (κ1) is 19.9. The van der Waals surface area contributed by atoms with Gasteiger partial charge in [-0.3, -0.25) is 14.5 Å². The van der Waals surface area contributed by atoms with Crippen LogP contribution in [0.1, 0.15) is 35.6 Å². The third kappa shape index (κ3) is 3.85. The highest BCUT2D eigenvalue weighted by Crippen LogP contribution is 2.38. The van der Waals surface area contributed by atoms with Crippen molar-refractivity contribution in [2.45, 2.75) is 37.9 Å². The van der Waals surface area contributed by atoms with Gasteiger partial charge in [0, 0.05) is 13.1 Å². The highest BCUT2D eigenvalue weighted by molar-refractivity contribution is 5.83. The maximum Gasteiger partial charge on any atom is 0.237 e. The van der Waals surface area contributed by atoms with Gasteiger partial charge in [-0.2, -0.15) is 0 Å². The average molecular weight is 421 g/mol. The van der Waals surface area contributed by atoms with Crippen LogP contribution in [0.15, 0.2) is 42.5 Å². The maximum atomic E-state index is 13.3. The first-order valence-corrected chi connectivity index (χ1v) is 10.9. The molecule has 2 aromatic carbocycles. The van der Waals surface area contributed by atoms with E-state index in [0.717, 1.165) is 41.0 Å². The molecule has 2 aromatic rings. The zero-order chi connectivity index (χ0) is 21.4. The Balaban J connectivity index is 1.34. The van der Waals surface area contributed by atoms with Gasteiger partial charge in [-0.1, -0.05) is 30.3 Å². The number of carbonyl (C=O) groups excluding carboxylic acids is 2. The lowest BCUT2D eigenvalue weighted by Crippen LogP contribution is -2.52. The van der Waals surface area contributed by atoms with Gasteiger partial charge in [-0.05, 0) is 48.1 Å². The van der Waals surface area contributed by atoms with Crippen LogP contribution in [0, 0.1) is 0 Å². The fourth-order valence-electron chi connectivity index (χ4n) is 4.97. The summed E-state index contributed by atoms with van der Waals surface area (Å²) in [6, 6.07) is 13.5. The number of hydrogen-bond acceptors (Lipinski definition) is 5. The van der Waals surface area contributed by atoms with Crippen molar-refractivity contribution in [1.29, 1.82) is 0 Å². The second-order valence-electron chi connectivity index (χ2n) is 8.44. The summed E-state index contributed by atoms with van der Waals surface area (Å²) in [5.74, 6) is 1.14. The van der Waals surface area contributed by atoms with Crippen LogP contribution in [0.3, 0.4) is 0 Å². The van der Waals surface area contributed by atoms with Crippen LogP contribution in [-0.4, -0.2) is 54.0 Å². The predicted octanol–water partition coefficient (Wildman–Crippen LogP) is 2.03. The maximum absolute atomic E-state index is 13.3. The molecular weight excluding hydrogens is 394 g/mol. The second-order valence-corrected chi connectivity index (χ2v) is 8.44. The number of carbonyl (C=O) groups is 2. The van der Waals surface area contributed by atoms with Crippen LogP contribution in [-0.2, 0) is 22.6 Å². The number of primary amides is 1. The van der Waals surface area contributed by atoms with Gasteiger partial charge in [0.2, 0.25) is 11.8 Å². The summed E-state index contributed by atoms with van der Waals surface area (Å²) in [4.78, 5) is 29.3. The van der Waals surface area contributed by atoms with Crippen molar-refractivity contribution >= 4 is 11.8 Å². The molecular formula is C24H27N3O4. The Morgan fingerprint density at radius 3 is 2.61 bits per heavy atom. The van der Waals surface area contributed by atoms with E-state index < -0.39 is 6.04 Å². The third-order valence-electron chi connectivity index (χ3n) is 6.54. The number of rotatable bonds is 4. The van der Waals surface area contributed by atoms with Crippen LogP contribution in [0.25, 0.3) is 0 Å². The molecule has 3 aliphatic heterocycles. The zero-order valence-electron chi connectivity index (χ0n) is 17.5. The molecule has 3 aliphatic rings. The van der Waals surface area contributed by atoms with Gasteiger partial charge in [-0.15, -0.1) is 0 Å². The summed E-state index contributed by atoms with van der Waals surface area (Å²) in [5.41, 5.74) is 9.04. The van der Waals surface area contributed by atoms with E-state index in [1.165, 1.54) is 0 Å². The van der Waals surface area contributed by atoms with E-state index in [0.29, 0.717) is 32.7 Å². The Labute approximate surface area is 181 Å². The normalized spacial score (nSPS) is 22.8. The Hall–Kier alpha value is -3.06. The van der Waals surface area contributed by atoms with Crippen molar-refractivity contribution in [1.82, 2.24) is 9.80 Å². The minimum Gasteiger partial charge on any atom is -0.486 e. The van der Waals surface area contributed by atoms with Crippen molar-refractivity contribution < 1.29 is 19.1 Å². The van der Waals surface area contributed by atoms with E-state index in [-0.39, 0.29) is 24.4 Å². The molecule has 7 nitrogen and oxygen atoms in total. The number of fused-ring (bicyclic) bond motifs is 2. The second kappa shape index (κ2) is 8.23. The molecule has 0 spiro atoms. The predicted molar refractivity (Wildman–Crippen MR) is 115 cm³/mol.